The molecule has 1 atom stereocenters. The van der Waals surface area contributed by atoms with E-state index in [9.17, 15) is 0 Å². The minimum atomic E-state index is -0.146. The second kappa shape index (κ2) is 15.7. The lowest BCUT2D eigenvalue weighted by atomic mass is 9.86. The lowest BCUT2D eigenvalue weighted by Crippen LogP contribution is -2.38. The average molecular weight is 602 g/mol. The predicted octanol–water partition coefficient (Wildman–Crippen LogP) is 9.69. The number of benzene rings is 2. The van der Waals surface area contributed by atoms with Crippen LogP contribution in [0.1, 0.15) is 102 Å². The molecule has 5 nitrogen and oxygen atoms in total. The van der Waals surface area contributed by atoms with Gasteiger partial charge in [-0.15, -0.1) is 0 Å². The van der Waals surface area contributed by atoms with Crippen molar-refractivity contribution in [2.75, 3.05) is 27.5 Å². The highest BCUT2D eigenvalue weighted by Crippen LogP contribution is 2.44. The lowest BCUT2D eigenvalue weighted by molar-refractivity contribution is 0.0540. The van der Waals surface area contributed by atoms with E-state index in [1.807, 2.05) is 6.07 Å². The van der Waals surface area contributed by atoms with Crippen LogP contribution in [0.5, 0.6) is 23.0 Å². The molecule has 0 aliphatic carbocycles. The molecule has 0 saturated carbocycles. The maximum Gasteiger partial charge on any atom is 0.160 e. The van der Waals surface area contributed by atoms with Gasteiger partial charge in [0.25, 0.3) is 0 Å². The minimum Gasteiger partial charge on any atom is -0.493 e. The van der Waals surface area contributed by atoms with E-state index in [2.05, 4.69) is 82.9 Å². The van der Waals surface area contributed by atoms with Crippen LogP contribution in [0.3, 0.4) is 0 Å². The largest absolute Gasteiger partial charge is 0.493 e. The third-order valence-corrected chi connectivity index (χ3v) is 9.20. The molecule has 44 heavy (non-hydrogen) atoms. The van der Waals surface area contributed by atoms with Crippen LogP contribution >= 0.6 is 0 Å². The summed E-state index contributed by atoms with van der Waals surface area (Å²) in [6.07, 6.45) is 16.8. The Labute approximate surface area is 266 Å². The van der Waals surface area contributed by atoms with Gasteiger partial charge in [-0.3, -0.25) is 4.90 Å². The van der Waals surface area contributed by atoms with Crippen molar-refractivity contribution in [2.24, 2.45) is 0 Å². The first-order chi connectivity index (χ1) is 21.1. The van der Waals surface area contributed by atoms with Crippen LogP contribution in [-0.2, 0) is 19.4 Å². The van der Waals surface area contributed by atoms with Gasteiger partial charge < -0.3 is 18.9 Å². The minimum absolute atomic E-state index is 0.146. The molecule has 0 amide bonds. The number of hydrogen-bond donors (Lipinski definition) is 0. The van der Waals surface area contributed by atoms with Gasteiger partial charge in [0.2, 0.25) is 0 Å². The second-order valence-corrected chi connectivity index (χ2v) is 13.3. The van der Waals surface area contributed by atoms with Gasteiger partial charge in [-0.05, 0) is 134 Å². The molecule has 2 aliphatic heterocycles. The van der Waals surface area contributed by atoms with Crippen molar-refractivity contribution in [3.05, 3.63) is 81.5 Å². The van der Waals surface area contributed by atoms with Gasteiger partial charge in [0.05, 0.1) is 14.2 Å². The van der Waals surface area contributed by atoms with E-state index in [1.54, 1.807) is 14.2 Å². The number of nitrogens with zero attached hydrogens (tertiary/aromatic N) is 1. The summed E-state index contributed by atoms with van der Waals surface area (Å²) in [4.78, 5) is 2.37. The zero-order valence-electron chi connectivity index (χ0n) is 28.6. The fourth-order valence-corrected chi connectivity index (χ4v) is 6.26. The second-order valence-electron chi connectivity index (χ2n) is 13.3. The number of hydrogen-bond acceptors (Lipinski definition) is 5. The molecule has 2 aromatic carbocycles. The summed E-state index contributed by atoms with van der Waals surface area (Å²) in [5.41, 5.74) is 9.24. The quantitative estimate of drug-likeness (QED) is 0.202. The Bertz CT molecular complexity index is 1370. The molecule has 0 spiro atoms. The molecule has 2 aromatic rings. The zero-order valence-corrected chi connectivity index (χ0v) is 28.6. The Balaban J connectivity index is 1.31. The van der Waals surface area contributed by atoms with E-state index in [0.717, 1.165) is 93.9 Å². The van der Waals surface area contributed by atoms with E-state index in [4.69, 9.17) is 18.9 Å². The van der Waals surface area contributed by atoms with Gasteiger partial charge in [0.1, 0.15) is 23.8 Å². The summed E-state index contributed by atoms with van der Waals surface area (Å²) in [6, 6.07) is 8.39. The van der Waals surface area contributed by atoms with E-state index in [0.29, 0.717) is 6.73 Å². The van der Waals surface area contributed by atoms with Gasteiger partial charge in [-0.1, -0.05) is 41.0 Å². The van der Waals surface area contributed by atoms with Crippen molar-refractivity contribution >= 4 is 0 Å². The Hall–Kier alpha value is -3.18. The summed E-state index contributed by atoms with van der Waals surface area (Å²) in [6.45, 7) is 15.8. The number of aryl methyl sites for hydroxylation is 1. The summed E-state index contributed by atoms with van der Waals surface area (Å²) in [7, 11) is 3.35. The van der Waals surface area contributed by atoms with Crippen molar-refractivity contribution in [1.29, 1.82) is 0 Å². The van der Waals surface area contributed by atoms with Crippen molar-refractivity contribution in [2.45, 2.75) is 111 Å². The molecule has 0 saturated heterocycles. The van der Waals surface area contributed by atoms with Crippen LogP contribution < -0.4 is 18.9 Å². The SMILES string of the molecule is COc1ccc(CCN2COc3cc4c(c(C)c3C2)OC(C)(CCC=C(C)CCC=C(C)CCC=C(C)C)CC4)cc1OC. The van der Waals surface area contributed by atoms with Crippen LogP contribution in [0.15, 0.2) is 59.2 Å². The number of ether oxygens (including phenoxy) is 4. The number of fused-ring (bicyclic) bond motifs is 2. The van der Waals surface area contributed by atoms with Crippen molar-refractivity contribution in [1.82, 2.24) is 4.90 Å². The molecule has 1 unspecified atom stereocenters. The summed E-state index contributed by atoms with van der Waals surface area (Å²) in [5, 5.41) is 0. The third kappa shape index (κ3) is 9.17. The van der Waals surface area contributed by atoms with Gasteiger partial charge >= 0.3 is 0 Å². The first-order valence-electron chi connectivity index (χ1n) is 16.5. The topological polar surface area (TPSA) is 40.2 Å². The monoisotopic (exact) mass is 601 g/mol. The zero-order chi connectivity index (χ0) is 31.7. The van der Waals surface area contributed by atoms with Crippen LogP contribution in [-0.4, -0.2) is 38.0 Å². The van der Waals surface area contributed by atoms with Crippen LogP contribution in [0.25, 0.3) is 0 Å². The molecule has 0 radical (unpaired) electrons. The lowest BCUT2D eigenvalue weighted by Gasteiger charge is -2.39. The molecule has 0 aromatic heterocycles. The highest BCUT2D eigenvalue weighted by Gasteiger charge is 2.34. The van der Waals surface area contributed by atoms with Crippen molar-refractivity contribution in [3.8, 4) is 23.0 Å². The highest BCUT2D eigenvalue weighted by molar-refractivity contribution is 5.55. The van der Waals surface area contributed by atoms with Crippen LogP contribution in [0.2, 0.25) is 0 Å². The van der Waals surface area contributed by atoms with Gasteiger partial charge in [-0.2, -0.15) is 0 Å². The first-order valence-corrected chi connectivity index (χ1v) is 16.5. The molecule has 2 heterocycles. The smallest absolute Gasteiger partial charge is 0.160 e. The molecule has 0 N–H and O–H groups in total. The third-order valence-electron chi connectivity index (χ3n) is 9.20. The Morgan fingerprint density at radius 1 is 0.932 bits per heavy atom. The fourth-order valence-electron chi connectivity index (χ4n) is 6.26. The Morgan fingerprint density at radius 3 is 2.34 bits per heavy atom. The molecule has 0 bridgehead atoms. The number of allylic oxidation sites excluding steroid dienone is 6. The number of methoxy groups -OCH3 is 2. The van der Waals surface area contributed by atoms with E-state index < -0.39 is 0 Å². The summed E-state index contributed by atoms with van der Waals surface area (Å²) in [5.74, 6) is 3.63. The Morgan fingerprint density at radius 2 is 1.64 bits per heavy atom. The maximum absolute atomic E-state index is 6.83. The normalized spacial score (nSPS) is 18.5. The molecule has 2 aliphatic rings. The molecule has 5 heteroatoms. The molecule has 240 valence electrons. The average Bonchev–Trinajstić information content (AvgIpc) is 3.00. The predicted molar refractivity (Wildman–Crippen MR) is 182 cm³/mol. The first kappa shape index (κ1) is 33.7. The van der Waals surface area contributed by atoms with Crippen molar-refractivity contribution in [3.63, 3.8) is 0 Å². The van der Waals surface area contributed by atoms with E-state index >= 15 is 0 Å². The molecular weight excluding hydrogens is 546 g/mol. The number of rotatable bonds is 14. The molecular formula is C39H55NO4. The van der Waals surface area contributed by atoms with Gasteiger partial charge in [-0.25, -0.2) is 0 Å². The molecule has 4 rings (SSSR count). The fraction of sp³-hybridized carbons (Fsp3) is 0.538. The van der Waals surface area contributed by atoms with Gasteiger partial charge in [0, 0.05) is 18.7 Å². The van der Waals surface area contributed by atoms with Crippen molar-refractivity contribution < 1.29 is 18.9 Å². The standard InChI is InChI=1S/C39H55NO4/c1-28(2)12-9-13-29(3)14-10-15-30(4)16-11-21-39(6)22-19-33-25-36-34(31(5)38(33)44-39)26-40(27-43-36)23-20-32-17-18-35(41-7)37(24-32)42-8/h12,14,16-18,24-25H,9-11,13,15,19-23,26-27H2,1-8H3. The summed E-state index contributed by atoms with van der Waals surface area (Å²) < 4.78 is 24.0. The highest BCUT2D eigenvalue weighted by atomic mass is 16.5. The van der Waals surface area contributed by atoms with Gasteiger partial charge in [0.15, 0.2) is 11.5 Å². The summed E-state index contributed by atoms with van der Waals surface area (Å²) >= 11 is 0. The Kier molecular flexibility index (Phi) is 12.0. The van der Waals surface area contributed by atoms with E-state index in [1.165, 1.54) is 39.0 Å². The maximum atomic E-state index is 6.83. The van der Waals surface area contributed by atoms with Crippen LogP contribution in [0, 0.1) is 6.92 Å². The van der Waals surface area contributed by atoms with Crippen LogP contribution in [0.4, 0.5) is 0 Å². The van der Waals surface area contributed by atoms with E-state index in [-0.39, 0.29) is 5.60 Å². The molecule has 0 fully saturated rings.